The van der Waals surface area contributed by atoms with E-state index in [4.69, 9.17) is 22.1 Å². The molecule has 1 heterocycles. The number of ether oxygens (including phenoxy) is 1. The van der Waals surface area contributed by atoms with Gasteiger partial charge in [0.25, 0.3) is 0 Å². The first-order valence-electron chi connectivity index (χ1n) is 11.8. The van der Waals surface area contributed by atoms with Crippen molar-refractivity contribution in [2.24, 2.45) is 5.73 Å². The van der Waals surface area contributed by atoms with Gasteiger partial charge in [-0.15, -0.1) is 0 Å². The summed E-state index contributed by atoms with van der Waals surface area (Å²) in [5.74, 6) is -1.14. The smallest absolute Gasteiger partial charge is 0.413 e. The lowest BCUT2D eigenvalue weighted by molar-refractivity contribution is -0.120. The number of nitrogens with two attached hydrogens (primary N) is 1. The molecule has 0 aliphatic heterocycles. The third-order valence-corrected chi connectivity index (χ3v) is 7.02. The minimum absolute atomic E-state index is 0.144. The van der Waals surface area contributed by atoms with E-state index >= 15 is 0 Å². The van der Waals surface area contributed by atoms with E-state index in [9.17, 15) is 14.0 Å². The molecular formula is C28H24ClFN4O3. The van der Waals surface area contributed by atoms with Gasteiger partial charge in [-0.05, 0) is 54.7 Å². The summed E-state index contributed by atoms with van der Waals surface area (Å²) in [6.45, 7) is 1.68. The van der Waals surface area contributed by atoms with Crippen molar-refractivity contribution < 1.29 is 18.7 Å². The van der Waals surface area contributed by atoms with Crippen LogP contribution >= 0.6 is 11.6 Å². The van der Waals surface area contributed by atoms with Gasteiger partial charge in [0.1, 0.15) is 6.10 Å². The van der Waals surface area contributed by atoms with Crippen molar-refractivity contribution in [2.45, 2.75) is 31.3 Å². The molecule has 9 heteroatoms. The highest BCUT2D eigenvalue weighted by molar-refractivity contribution is 6.31. The molecule has 37 heavy (non-hydrogen) atoms. The Balaban J connectivity index is 1.30. The molecule has 3 aromatic carbocycles. The van der Waals surface area contributed by atoms with Crippen molar-refractivity contribution in [1.29, 1.82) is 0 Å². The van der Waals surface area contributed by atoms with Crippen molar-refractivity contribution in [2.75, 3.05) is 5.32 Å². The summed E-state index contributed by atoms with van der Waals surface area (Å²) in [6.07, 6.45) is 1.09. The van der Waals surface area contributed by atoms with Gasteiger partial charge in [0.05, 0.1) is 17.3 Å². The number of aromatic nitrogens is 2. The van der Waals surface area contributed by atoms with Crippen LogP contribution in [0.15, 0.2) is 79.0 Å². The SMILES string of the molecule is CC(OC(=O)Nc1c(F)cnn1-c1ccc(-c2ccc(C3(C(N)=O)CC3)cc2)cc1)c1ccccc1Cl. The summed E-state index contributed by atoms with van der Waals surface area (Å²) >= 11 is 6.17. The van der Waals surface area contributed by atoms with Crippen molar-refractivity contribution >= 4 is 29.4 Å². The van der Waals surface area contributed by atoms with E-state index in [0.717, 1.165) is 35.7 Å². The number of nitrogens with one attached hydrogen (secondary N) is 1. The largest absolute Gasteiger partial charge is 0.441 e. The number of halogens is 2. The van der Waals surface area contributed by atoms with Crippen molar-refractivity contribution in [1.82, 2.24) is 9.78 Å². The zero-order valence-corrected chi connectivity index (χ0v) is 20.7. The molecule has 2 amide bonds. The van der Waals surface area contributed by atoms with Gasteiger partial charge < -0.3 is 10.5 Å². The predicted molar refractivity (Wildman–Crippen MR) is 139 cm³/mol. The standard InChI is InChI=1S/C28H24ClFN4O3/c1-17(22-4-2-3-5-23(22)29)37-27(36)33-25-24(30)16-32-34(25)21-12-8-19(9-13-21)18-6-10-20(11-7-18)28(14-15-28)26(31)35/h2-13,16-17H,14-15H2,1H3,(H2,31,35)(H,33,36). The summed E-state index contributed by atoms with van der Waals surface area (Å²) in [4.78, 5) is 24.3. The van der Waals surface area contributed by atoms with E-state index in [1.54, 1.807) is 43.3 Å². The number of hydrogen-bond acceptors (Lipinski definition) is 4. The van der Waals surface area contributed by atoms with E-state index in [2.05, 4.69) is 10.4 Å². The Morgan fingerprint density at radius 3 is 2.27 bits per heavy atom. The molecule has 1 aliphatic carbocycles. The second kappa shape index (κ2) is 9.71. The number of primary amides is 1. The number of rotatable bonds is 7. The molecular weight excluding hydrogens is 495 g/mol. The molecule has 188 valence electrons. The summed E-state index contributed by atoms with van der Waals surface area (Å²) in [7, 11) is 0. The Labute approximate surface area is 218 Å². The average molecular weight is 519 g/mol. The molecule has 1 saturated carbocycles. The molecule has 4 aromatic rings. The topological polar surface area (TPSA) is 99.2 Å². The number of carbonyl (C=O) groups excluding carboxylic acids is 2. The second-order valence-electron chi connectivity index (χ2n) is 9.02. The fourth-order valence-electron chi connectivity index (χ4n) is 4.37. The molecule has 0 radical (unpaired) electrons. The molecule has 1 unspecified atom stereocenters. The second-order valence-corrected chi connectivity index (χ2v) is 9.42. The molecule has 1 atom stereocenters. The zero-order chi connectivity index (χ0) is 26.2. The van der Waals surface area contributed by atoms with Crippen LogP contribution in [0.2, 0.25) is 5.02 Å². The summed E-state index contributed by atoms with van der Waals surface area (Å²) < 4.78 is 21.2. The lowest BCUT2D eigenvalue weighted by Crippen LogP contribution is -2.28. The predicted octanol–water partition coefficient (Wildman–Crippen LogP) is 6.16. The summed E-state index contributed by atoms with van der Waals surface area (Å²) in [5.41, 5.74) is 9.04. The van der Waals surface area contributed by atoms with Crippen LogP contribution in [0.3, 0.4) is 0 Å². The molecule has 3 N–H and O–H groups in total. The molecule has 1 fully saturated rings. The first-order chi connectivity index (χ1) is 17.8. The van der Waals surface area contributed by atoms with Gasteiger partial charge in [0.15, 0.2) is 11.6 Å². The van der Waals surface area contributed by atoms with E-state index in [-0.39, 0.29) is 11.7 Å². The van der Waals surface area contributed by atoms with Crippen LogP contribution in [0.25, 0.3) is 16.8 Å². The molecule has 1 aromatic heterocycles. The first kappa shape index (κ1) is 24.5. The number of anilines is 1. The number of benzene rings is 3. The van der Waals surface area contributed by atoms with Crippen molar-refractivity contribution in [3.8, 4) is 16.8 Å². The quantitative estimate of drug-likeness (QED) is 0.306. The first-order valence-corrected chi connectivity index (χ1v) is 12.1. The molecule has 0 bridgehead atoms. The molecule has 1 aliphatic rings. The van der Waals surface area contributed by atoms with Crippen LogP contribution in [-0.4, -0.2) is 21.8 Å². The molecule has 0 saturated heterocycles. The van der Waals surface area contributed by atoms with Gasteiger partial charge >= 0.3 is 6.09 Å². The van der Waals surface area contributed by atoms with Crippen LogP contribution in [0, 0.1) is 5.82 Å². The Morgan fingerprint density at radius 1 is 1.05 bits per heavy atom. The number of carbonyl (C=O) groups is 2. The zero-order valence-electron chi connectivity index (χ0n) is 19.9. The van der Waals surface area contributed by atoms with Gasteiger partial charge in [0.2, 0.25) is 5.91 Å². The van der Waals surface area contributed by atoms with E-state index in [1.807, 2.05) is 36.4 Å². The Hall–Kier alpha value is -4.17. The van der Waals surface area contributed by atoms with Crippen LogP contribution in [0.5, 0.6) is 0 Å². The number of nitrogens with zero attached hydrogens (tertiary/aromatic N) is 2. The van der Waals surface area contributed by atoms with E-state index in [0.29, 0.717) is 16.3 Å². The maximum Gasteiger partial charge on any atom is 0.413 e. The van der Waals surface area contributed by atoms with Gasteiger partial charge in [-0.25, -0.2) is 13.9 Å². The maximum absolute atomic E-state index is 14.5. The van der Waals surface area contributed by atoms with Crippen LogP contribution in [0.4, 0.5) is 15.0 Å². The highest BCUT2D eigenvalue weighted by Gasteiger charge is 2.49. The number of amides is 2. The molecule has 5 rings (SSSR count). The van der Waals surface area contributed by atoms with Crippen molar-refractivity contribution in [3.63, 3.8) is 0 Å². The monoisotopic (exact) mass is 518 g/mol. The number of hydrogen-bond donors (Lipinski definition) is 2. The molecule has 7 nitrogen and oxygen atoms in total. The van der Waals surface area contributed by atoms with Gasteiger partial charge in [-0.2, -0.15) is 5.10 Å². The van der Waals surface area contributed by atoms with Crippen LogP contribution < -0.4 is 11.1 Å². The van der Waals surface area contributed by atoms with Crippen molar-refractivity contribution in [3.05, 3.63) is 101 Å². The maximum atomic E-state index is 14.5. The lowest BCUT2D eigenvalue weighted by Gasteiger charge is -2.16. The third-order valence-electron chi connectivity index (χ3n) is 6.68. The Bertz CT molecular complexity index is 1460. The third kappa shape index (κ3) is 4.80. The minimum Gasteiger partial charge on any atom is -0.441 e. The highest BCUT2D eigenvalue weighted by Crippen LogP contribution is 2.48. The Kier molecular flexibility index (Phi) is 6.43. The van der Waals surface area contributed by atoms with Crippen LogP contribution in [-0.2, 0) is 14.9 Å². The normalized spacial score (nSPS) is 14.6. The average Bonchev–Trinajstić information content (AvgIpc) is 3.64. The Morgan fingerprint density at radius 2 is 1.68 bits per heavy atom. The lowest BCUT2D eigenvalue weighted by atomic mass is 9.93. The highest BCUT2D eigenvalue weighted by atomic mass is 35.5. The fourth-order valence-corrected chi connectivity index (χ4v) is 4.66. The van der Waals surface area contributed by atoms with Crippen LogP contribution in [0.1, 0.15) is 37.0 Å². The minimum atomic E-state index is -0.839. The summed E-state index contributed by atoms with van der Waals surface area (Å²) in [6, 6.07) is 22.1. The summed E-state index contributed by atoms with van der Waals surface area (Å²) in [5, 5.41) is 6.97. The fraction of sp³-hybridized carbons (Fsp3) is 0.179. The molecule has 0 spiro atoms. The van der Waals surface area contributed by atoms with Gasteiger partial charge in [0, 0.05) is 10.6 Å². The van der Waals surface area contributed by atoms with E-state index < -0.39 is 23.4 Å². The van der Waals surface area contributed by atoms with Gasteiger partial charge in [-0.1, -0.05) is 66.2 Å². The van der Waals surface area contributed by atoms with Gasteiger partial charge in [-0.3, -0.25) is 10.1 Å². The van der Waals surface area contributed by atoms with E-state index in [1.165, 1.54) is 4.68 Å².